The third-order valence-electron chi connectivity index (χ3n) is 2.96. The average molecular weight is 244 g/mol. The van der Waals surface area contributed by atoms with Crippen LogP contribution in [0.25, 0.3) is 0 Å². The van der Waals surface area contributed by atoms with E-state index in [2.05, 4.69) is 46.5 Å². The number of nitrogens with one attached hydrogen (secondary N) is 2. The highest BCUT2D eigenvalue weighted by atomic mass is 15.0. The van der Waals surface area contributed by atoms with Crippen LogP contribution in [0, 0.1) is 0 Å². The van der Waals surface area contributed by atoms with Gasteiger partial charge in [-0.2, -0.15) is 0 Å². The maximum atomic E-state index is 5.63. The van der Waals surface area contributed by atoms with Crippen LogP contribution in [-0.2, 0) is 6.54 Å². The Morgan fingerprint density at radius 1 is 1.33 bits per heavy atom. The maximum absolute atomic E-state index is 5.63. The third-order valence-corrected chi connectivity index (χ3v) is 2.96. The molecule has 4 nitrogen and oxygen atoms in total. The first kappa shape index (κ1) is 12.6. The number of nitrogen functional groups attached to an aromatic ring is 1. The van der Waals surface area contributed by atoms with Gasteiger partial charge in [0.15, 0.2) is 5.95 Å². The SMILES string of the molecule is CCCC(NCc1ccccc1)c1cnc(N)[nH]1. The Morgan fingerprint density at radius 2 is 2.11 bits per heavy atom. The maximum Gasteiger partial charge on any atom is 0.197 e. The summed E-state index contributed by atoms with van der Waals surface area (Å²) in [5.41, 5.74) is 7.97. The Bertz CT molecular complexity index is 464. The summed E-state index contributed by atoms with van der Waals surface area (Å²) in [7, 11) is 0. The van der Waals surface area contributed by atoms with Crippen LogP contribution in [0.1, 0.15) is 37.1 Å². The summed E-state index contributed by atoms with van der Waals surface area (Å²) in [6.07, 6.45) is 3.99. The second-order valence-electron chi connectivity index (χ2n) is 4.43. The average Bonchev–Trinajstić information content (AvgIpc) is 2.82. The lowest BCUT2D eigenvalue weighted by atomic mass is 10.1. The van der Waals surface area contributed by atoms with Crippen molar-refractivity contribution in [3.8, 4) is 0 Å². The highest BCUT2D eigenvalue weighted by molar-refractivity contribution is 5.21. The Labute approximate surface area is 108 Å². The summed E-state index contributed by atoms with van der Waals surface area (Å²) >= 11 is 0. The van der Waals surface area contributed by atoms with Gasteiger partial charge in [-0.25, -0.2) is 4.98 Å². The van der Waals surface area contributed by atoms with E-state index in [1.165, 1.54) is 5.56 Å². The van der Waals surface area contributed by atoms with E-state index in [0.717, 1.165) is 25.1 Å². The van der Waals surface area contributed by atoms with Crippen LogP contribution in [0.4, 0.5) is 5.95 Å². The summed E-state index contributed by atoms with van der Waals surface area (Å²) in [5.74, 6) is 0.479. The zero-order chi connectivity index (χ0) is 12.8. The molecule has 4 N–H and O–H groups in total. The van der Waals surface area contributed by atoms with Crippen molar-refractivity contribution in [1.29, 1.82) is 0 Å². The fourth-order valence-corrected chi connectivity index (χ4v) is 2.02. The van der Waals surface area contributed by atoms with Crippen LogP contribution in [0.2, 0.25) is 0 Å². The molecule has 1 unspecified atom stereocenters. The quantitative estimate of drug-likeness (QED) is 0.731. The van der Waals surface area contributed by atoms with E-state index >= 15 is 0 Å². The number of imidazole rings is 1. The van der Waals surface area contributed by atoms with Gasteiger partial charge in [0, 0.05) is 12.6 Å². The molecule has 2 rings (SSSR count). The number of rotatable bonds is 6. The van der Waals surface area contributed by atoms with Crippen LogP contribution >= 0.6 is 0 Å². The summed E-state index contributed by atoms with van der Waals surface area (Å²) in [6, 6.07) is 10.7. The van der Waals surface area contributed by atoms with E-state index in [-0.39, 0.29) is 6.04 Å². The molecule has 1 aromatic heterocycles. The number of anilines is 1. The minimum absolute atomic E-state index is 0.278. The van der Waals surface area contributed by atoms with Gasteiger partial charge in [0.05, 0.1) is 11.9 Å². The highest BCUT2D eigenvalue weighted by Gasteiger charge is 2.12. The van der Waals surface area contributed by atoms with Crippen molar-refractivity contribution < 1.29 is 0 Å². The summed E-state index contributed by atoms with van der Waals surface area (Å²) in [5, 5.41) is 3.54. The molecule has 2 aromatic rings. The molecule has 0 radical (unpaired) electrons. The summed E-state index contributed by atoms with van der Waals surface area (Å²) in [6.45, 7) is 3.03. The molecule has 0 spiro atoms. The number of hydrogen-bond donors (Lipinski definition) is 3. The Hall–Kier alpha value is -1.81. The van der Waals surface area contributed by atoms with Gasteiger partial charge >= 0.3 is 0 Å². The molecule has 0 aliphatic carbocycles. The molecule has 0 saturated heterocycles. The van der Waals surface area contributed by atoms with Crippen molar-refractivity contribution in [2.45, 2.75) is 32.4 Å². The molecule has 0 fully saturated rings. The molecule has 0 bridgehead atoms. The van der Waals surface area contributed by atoms with Gasteiger partial charge < -0.3 is 16.0 Å². The predicted molar refractivity (Wildman–Crippen MR) is 73.9 cm³/mol. The van der Waals surface area contributed by atoms with Gasteiger partial charge in [0.1, 0.15) is 0 Å². The van der Waals surface area contributed by atoms with Crippen LogP contribution < -0.4 is 11.1 Å². The largest absolute Gasteiger partial charge is 0.369 e. The zero-order valence-corrected chi connectivity index (χ0v) is 10.7. The van der Waals surface area contributed by atoms with Crippen molar-refractivity contribution in [2.24, 2.45) is 0 Å². The highest BCUT2D eigenvalue weighted by Crippen LogP contribution is 2.17. The molecule has 0 saturated carbocycles. The standard InChI is InChI=1S/C14H20N4/c1-2-6-12(13-10-17-14(15)18-13)16-9-11-7-4-3-5-8-11/h3-5,7-8,10,12,16H,2,6,9H2,1H3,(H3,15,17,18). The number of aromatic amines is 1. The van der Waals surface area contributed by atoms with Gasteiger partial charge in [0.25, 0.3) is 0 Å². The molecule has 0 amide bonds. The Morgan fingerprint density at radius 3 is 2.72 bits per heavy atom. The van der Waals surface area contributed by atoms with Gasteiger partial charge in [-0.15, -0.1) is 0 Å². The molecule has 1 heterocycles. The van der Waals surface area contributed by atoms with Crippen molar-refractivity contribution in [1.82, 2.24) is 15.3 Å². The van der Waals surface area contributed by atoms with E-state index in [1.807, 2.05) is 12.3 Å². The number of hydrogen-bond acceptors (Lipinski definition) is 3. The molecule has 96 valence electrons. The van der Waals surface area contributed by atoms with E-state index in [4.69, 9.17) is 5.73 Å². The number of benzene rings is 1. The van der Waals surface area contributed by atoms with Crippen LogP contribution in [-0.4, -0.2) is 9.97 Å². The van der Waals surface area contributed by atoms with Crippen molar-refractivity contribution in [2.75, 3.05) is 5.73 Å². The normalized spacial score (nSPS) is 12.5. The Kier molecular flexibility index (Phi) is 4.36. The van der Waals surface area contributed by atoms with Gasteiger partial charge in [0.2, 0.25) is 0 Å². The van der Waals surface area contributed by atoms with E-state index in [1.54, 1.807) is 0 Å². The van der Waals surface area contributed by atoms with Gasteiger partial charge in [-0.3, -0.25) is 0 Å². The topological polar surface area (TPSA) is 66.7 Å². The lowest BCUT2D eigenvalue weighted by Gasteiger charge is -2.16. The minimum Gasteiger partial charge on any atom is -0.369 e. The van der Waals surface area contributed by atoms with Crippen LogP contribution in [0.5, 0.6) is 0 Å². The van der Waals surface area contributed by atoms with Crippen LogP contribution in [0.15, 0.2) is 36.5 Å². The van der Waals surface area contributed by atoms with Crippen molar-refractivity contribution in [3.63, 3.8) is 0 Å². The lowest BCUT2D eigenvalue weighted by molar-refractivity contribution is 0.485. The number of H-pyrrole nitrogens is 1. The van der Waals surface area contributed by atoms with E-state index < -0.39 is 0 Å². The fraction of sp³-hybridized carbons (Fsp3) is 0.357. The van der Waals surface area contributed by atoms with Crippen molar-refractivity contribution >= 4 is 5.95 Å². The second kappa shape index (κ2) is 6.21. The lowest BCUT2D eigenvalue weighted by Crippen LogP contribution is -2.21. The van der Waals surface area contributed by atoms with E-state index in [0.29, 0.717) is 5.95 Å². The molecule has 0 aliphatic rings. The Balaban J connectivity index is 1.98. The first-order chi connectivity index (χ1) is 8.79. The molecule has 4 heteroatoms. The van der Waals surface area contributed by atoms with Crippen LogP contribution in [0.3, 0.4) is 0 Å². The molecular formula is C14H20N4. The fourth-order valence-electron chi connectivity index (χ4n) is 2.02. The van der Waals surface area contributed by atoms with E-state index in [9.17, 15) is 0 Å². The third kappa shape index (κ3) is 3.34. The number of nitrogens with two attached hydrogens (primary N) is 1. The second-order valence-corrected chi connectivity index (χ2v) is 4.43. The summed E-state index contributed by atoms with van der Waals surface area (Å²) < 4.78 is 0. The molecule has 18 heavy (non-hydrogen) atoms. The number of nitrogens with zero attached hydrogens (tertiary/aromatic N) is 1. The zero-order valence-electron chi connectivity index (χ0n) is 10.7. The van der Waals surface area contributed by atoms with Crippen molar-refractivity contribution in [3.05, 3.63) is 47.8 Å². The summed E-state index contributed by atoms with van der Waals surface area (Å²) in [4.78, 5) is 7.16. The first-order valence-electron chi connectivity index (χ1n) is 6.37. The smallest absolute Gasteiger partial charge is 0.197 e. The minimum atomic E-state index is 0.278. The molecular weight excluding hydrogens is 224 g/mol. The molecule has 1 aromatic carbocycles. The van der Waals surface area contributed by atoms with Gasteiger partial charge in [-0.1, -0.05) is 43.7 Å². The van der Waals surface area contributed by atoms with Gasteiger partial charge in [-0.05, 0) is 12.0 Å². The molecule has 1 atom stereocenters. The predicted octanol–water partition coefficient (Wildman–Crippen LogP) is 2.62. The molecule has 0 aliphatic heterocycles. The monoisotopic (exact) mass is 244 g/mol. The number of aromatic nitrogens is 2. The first-order valence-corrected chi connectivity index (χ1v) is 6.37.